The molecule has 2 aromatic carbocycles. The van der Waals surface area contributed by atoms with Crippen molar-refractivity contribution < 1.29 is 33.1 Å². The molecule has 2 fully saturated rings. The van der Waals surface area contributed by atoms with Gasteiger partial charge in [0, 0.05) is 31.1 Å². The maximum Gasteiger partial charge on any atom is 0.407 e. The van der Waals surface area contributed by atoms with Crippen LogP contribution in [0.3, 0.4) is 0 Å². The van der Waals surface area contributed by atoms with E-state index >= 15 is 0 Å². The molecule has 4 amide bonds. The smallest absolute Gasteiger partial charge is 0.407 e. The van der Waals surface area contributed by atoms with E-state index in [-0.39, 0.29) is 35.7 Å². The van der Waals surface area contributed by atoms with Gasteiger partial charge >= 0.3 is 12.2 Å². The van der Waals surface area contributed by atoms with Crippen LogP contribution in [0.5, 0.6) is 0 Å². The van der Waals surface area contributed by atoms with Gasteiger partial charge in [0.2, 0.25) is 11.8 Å². The number of nitrogens with one attached hydrogen (secondary N) is 4. The Balaban J connectivity index is 1.09. The zero-order valence-corrected chi connectivity index (χ0v) is 33.9. The molecule has 4 N–H and O–H groups in total. The molecule has 2 aliphatic heterocycles. The second-order valence-corrected chi connectivity index (χ2v) is 15.6. The SMILES string of the molecule is COC(=O)N[C@H](C(=O)N1CCC[C@H]1c1ncc(-c2ccc(-c3ccc(-c4cnc([C@@H]5CCCN5C(=O)[C@@H](NC(=O)OC)C(C)C)[nH]4)c4oc(C)nc34)cc2)[nH]1)C(C)C. The Morgan fingerprint density at radius 3 is 1.72 bits per heavy atom. The number of carbonyl (C=O) groups excluding carboxylic acids is 4. The van der Waals surface area contributed by atoms with Crippen LogP contribution in [-0.4, -0.2) is 98.1 Å². The third-order valence-electron chi connectivity index (χ3n) is 11.1. The summed E-state index contributed by atoms with van der Waals surface area (Å²) in [7, 11) is 2.57. The molecule has 7 rings (SSSR count). The number of alkyl carbamates (subject to hydrolysis) is 2. The number of oxazole rings is 1. The van der Waals surface area contributed by atoms with Crippen LogP contribution >= 0.6 is 0 Å². The number of amides is 4. The summed E-state index contributed by atoms with van der Waals surface area (Å²) < 4.78 is 15.7. The first-order valence-electron chi connectivity index (χ1n) is 19.8. The predicted molar refractivity (Wildman–Crippen MR) is 215 cm³/mol. The molecule has 5 heterocycles. The molecule has 5 aromatic rings. The maximum atomic E-state index is 13.7. The van der Waals surface area contributed by atoms with Gasteiger partial charge in [-0.05, 0) is 54.7 Å². The van der Waals surface area contributed by atoms with E-state index in [1.807, 2.05) is 71.0 Å². The molecule has 16 heteroatoms. The van der Waals surface area contributed by atoms with Crippen molar-refractivity contribution in [2.45, 2.75) is 84.5 Å². The van der Waals surface area contributed by atoms with Gasteiger partial charge in [0.05, 0.1) is 50.1 Å². The number of H-pyrrole nitrogens is 2. The zero-order chi connectivity index (χ0) is 41.2. The van der Waals surface area contributed by atoms with Crippen molar-refractivity contribution in [1.82, 2.24) is 45.4 Å². The molecule has 0 spiro atoms. The van der Waals surface area contributed by atoms with Gasteiger partial charge in [-0.25, -0.2) is 24.5 Å². The number of likely N-dealkylation sites (tertiary alicyclic amines) is 2. The van der Waals surface area contributed by atoms with E-state index in [1.165, 1.54) is 14.2 Å². The van der Waals surface area contributed by atoms with Gasteiger partial charge in [-0.15, -0.1) is 0 Å². The highest BCUT2D eigenvalue weighted by Crippen LogP contribution is 2.39. The molecule has 16 nitrogen and oxygen atoms in total. The van der Waals surface area contributed by atoms with Crippen molar-refractivity contribution in [1.29, 1.82) is 0 Å². The highest BCUT2D eigenvalue weighted by Gasteiger charge is 2.39. The molecule has 306 valence electrons. The van der Waals surface area contributed by atoms with Crippen LogP contribution in [-0.2, 0) is 19.1 Å². The van der Waals surface area contributed by atoms with Gasteiger partial charge in [0.15, 0.2) is 11.5 Å². The molecule has 0 aliphatic carbocycles. The van der Waals surface area contributed by atoms with Crippen LogP contribution in [0.25, 0.3) is 44.7 Å². The number of aromatic amines is 2. The van der Waals surface area contributed by atoms with E-state index in [0.717, 1.165) is 59.3 Å². The second kappa shape index (κ2) is 16.7. The summed E-state index contributed by atoms with van der Waals surface area (Å²) >= 11 is 0. The number of benzene rings is 2. The minimum atomic E-state index is -0.722. The van der Waals surface area contributed by atoms with Crippen molar-refractivity contribution in [2.24, 2.45) is 11.8 Å². The Morgan fingerprint density at radius 1 is 0.724 bits per heavy atom. The molecular weight excluding hydrogens is 743 g/mol. The van der Waals surface area contributed by atoms with Gasteiger partial charge in [-0.2, -0.15) is 0 Å². The number of carbonyl (C=O) groups is 4. The average Bonchev–Trinajstić information content (AvgIpc) is 4.06. The van der Waals surface area contributed by atoms with Crippen molar-refractivity contribution in [3.05, 3.63) is 66.3 Å². The quantitative estimate of drug-likeness (QED) is 0.112. The number of aromatic nitrogens is 5. The highest BCUT2D eigenvalue weighted by atomic mass is 16.5. The largest absolute Gasteiger partial charge is 0.453 e. The monoisotopic (exact) mass is 793 g/mol. The molecular formula is C42H51N9O7. The first kappa shape index (κ1) is 40.0. The Labute approximate surface area is 336 Å². The molecule has 0 bridgehead atoms. The number of ether oxygens (including phenoxy) is 2. The lowest BCUT2D eigenvalue weighted by Gasteiger charge is -2.30. The highest BCUT2D eigenvalue weighted by molar-refractivity contribution is 5.99. The fourth-order valence-electron chi connectivity index (χ4n) is 8.07. The van der Waals surface area contributed by atoms with Gasteiger partial charge < -0.3 is 44.3 Å². The number of fused-ring (bicyclic) bond motifs is 1. The van der Waals surface area contributed by atoms with E-state index in [4.69, 9.17) is 23.9 Å². The summed E-state index contributed by atoms with van der Waals surface area (Å²) in [6, 6.07) is 10.2. The Morgan fingerprint density at radius 2 is 1.21 bits per heavy atom. The average molecular weight is 794 g/mol. The topological polar surface area (TPSA) is 201 Å². The van der Waals surface area contributed by atoms with Gasteiger partial charge in [-0.3, -0.25) is 9.59 Å². The second-order valence-electron chi connectivity index (χ2n) is 15.6. The first-order valence-corrected chi connectivity index (χ1v) is 19.8. The molecule has 4 atom stereocenters. The molecule has 2 saturated heterocycles. The van der Waals surface area contributed by atoms with Crippen molar-refractivity contribution in [2.75, 3.05) is 27.3 Å². The molecule has 58 heavy (non-hydrogen) atoms. The number of nitrogens with zero attached hydrogens (tertiary/aromatic N) is 5. The maximum absolute atomic E-state index is 13.7. The Hall–Kier alpha value is -6.19. The summed E-state index contributed by atoms with van der Waals surface area (Å²) in [6.07, 6.45) is 5.40. The first-order chi connectivity index (χ1) is 27.9. The minimum absolute atomic E-state index is 0.120. The molecule has 0 radical (unpaired) electrons. The normalized spacial score (nSPS) is 17.9. The summed E-state index contributed by atoms with van der Waals surface area (Å²) in [5.41, 5.74) is 6.46. The van der Waals surface area contributed by atoms with E-state index in [9.17, 15) is 19.2 Å². The summed E-state index contributed by atoms with van der Waals surface area (Å²) in [5, 5.41) is 5.39. The lowest BCUT2D eigenvalue weighted by molar-refractivity contribution is -0.136. The molecule has 0 saturated carbocycles. The predicted octanol–water partition coefficient (Wildman–Crippen LogP) is 6.67. The van der Waals surface area contributed by atoms with E-state index in [0.29, 0.717) is 41.7 Å². The third-order valence-corrected chi connectivity index (χ3v) is 11.1. The van der Waals surface area contributed by atoms with Crippen LogP contribution < -0.4 is 10.6 Å². The Kier molecular flexibility index (Phi) is 11.5. The van der Waals surface area contributed by atoms with Crippen LogP contribution in [0.1, 0.15) is 83.0 Å². The molecule has 2 aliphatic rings. The molecule has 3 aromatic heterocycles. The number of methoxy groups -OCH3 is 2. The summed E-state index contributed by atoms with van der Waals surface area (Å²) in [6.45, 7) is 10.5. The number of rotatable bonds is 11. The minimum Gasteiger partial charge on any atom is -0.453 e. The van der Waals surface area contributed by atoms with Crippen molar-refractivity contribution in [3.63, 3.8) is 0 Å². The zero-order valence-electron chi connectivity index (χ0n) is 33.9. The molecule has 0 unspecified atom stereocenters. The van der Waals surface area contributed by atoms with Crippen molar-refractivity contribution >= 4 is 35.1 Å². The summed E-state index contributed by atoms with van der Waals surface area (Å²) in [4.78, 5) is 75.9. The fraction of sp³-hybridized carbons (Fsp3) is 0.452. The number of imidazole rings is 2. The standard InChI is InChI=1S/C42H51N9O7/c1-22(2)33(48-41(54)56-6)39(52)50-18-8-10-31(50)37-43-20-29(46-37)26-14-12-25(13-15-26)27-16-17-28(36-35(27)45-24(5)58-36)30-21-44-38(47-30)32-11-9-19-51(32)40(53)34(23(3)4)49-42(55)57-7/h12-17,20-23,31-34H,8-11,18-19H2,1-7H3,(H,43,46)(H,44,47)(H,48,54)(H,49,55)/t31-,32-,33-,34-/m0/s1. The fourth-order valence-corrected chi connectivity index (χ4v) is 8.07. The van der Waals surface area contributed by atoms with Crippen LogP contribution in [0.4, 0.5) is 9.59 Å². The summed E-state index contributed by atoms with van der Waals surface area (Å²) in [5.74, 6) is 1.31. The van der Waals surface area contributed by atoms with Gasteiger partial charge in [0.1, 0.15) is 29.2 Å². The van der Waals surface area contributed by atoms with E-state index < -0.39 is 24.3 Å². The lowest BCUT2D eigenvalue weighted by Crippen LogP contribution is -2.51. The van der Waals surface area contributed by atoms with E-state index in [2.05, 4.69) is 25.6 Å². The lowest BCUT2D eigenvalue weighted by atomic mass is 9.99. The number of hydrogen-bond donors (Lipinski definition) is 4. The van der Waals surface area contributed by atoms with Crippen molar-refractivity contribution in [3.8, 4) is 33.6 Å². The van der Waals surface area contributed by atoms with Crippen LogP contribution in [0.2, 0.25) is 0 Å². The third kappa shape index (κ3) is 7.87. The van der Waals surface area contributed by atoms with Gasteiger partial charge in [0.25, 0.3) is 0 Å². The number of aryl methyl sites for hydroxylation is 1. The van der Waals surface area contributed by atoms with Gasteiger partial charge in [-0.1, -0.05) is 58.0 Å². The number of hydrogen-bond acceptors (Lipinski definition) is 10. The Bertz CT molecular complexity index is 2290. The van der Waals surface area contributed by atoms with Crippen LogP contribution in [0, 0.1) is 18.8 Å². The van der Waals surface area contributed by atoms with E-state index in [1.54, 1.807) is 22.2 Å². The van der Waals surface area contributed by atoms with Crippen LogP contribution in [0.15, 0.2) is 53.2 Å².